The first-order valence-electron chi connectivity index (χ1n) is 5.42. The topological polar surface area (TPSA) is 32.3 Å². The van der Waals surface area contributed by atoms with E-state index in [1.54, 1.807) is 0 Å². The van der Waals surface area contributed by atoms with E-state index in [-0.39, 0.29) is 0 Å². The second-order valence-corrected chi connectivity index (χ2v) is 4.45. The van der Waals surface area contributed by atoms with Gasteiger partial charge in [0.15, 0.2) is 0 Å². The molecular weight excluding hydrogens is 162 g/mol. The van der Waals surface area contributed by atoms with Crippen LogP contribution in [0.5, 0.6) is 0 Å². The first-order valence-corrected chi connectivity index (χ1v) is 5.42. The molecule has 0 rings (SSSR count). The highest BCUT2D eigenvalue weighted by molar-refractivity contribution is 4.67. The predicted octanol–water partition coefficient (Wildman–Crippen LogP) is 2.17. The Morgan fingerprint density at radius 2 is 1.77 bits per heavy atom. The van der Waals surface area contributed by atoms with Crippen LogP contribution in [0.15, 0.2) is 0 Å². The molecular formula is C11H25NO. The van der Waals surface area contributed by atoms with Gasteiger partial charge in [0.1, 0.15) is 0 Å². The van der Waals surface area contributed by atoms with Crippen LogP contribution in [-0.2, 0) is 0 Å². The maximum absolute atomic E-state index is 9.46. The largest absolute Gasteiger partial charge is 0.390 e. The van der Waals surface area contributed by atoms with E-state index in [2.05, 4.69) is 19.2 Å². The fourth-order valence-electron chi connectivity index (χ4n) is 1.28. The molecule has 0 unspecified atom stereocenters. The van der Waals surface area contributed by atoms with E-state index < -0.39 is 5.60 Å². The van der Waals surface area contributed by atoms with Crippen molar-refractivity contribution in [2.45, 2.75) is 52.6 Å². The van der Waals surface area contributed by atoms with Crippen LogP contribution in [0.25, 0.3) is 0 Å². The zero-order chi connectivity index (χ0) is 10.3. The Morgan fingerprint density at radius 1 is 1.23 bits per heavy atom. The van der Waals surface area contributed by atoms with Gasteiger partial charge in [-0.2, -0.15) is 0 Å². The van der Waals surface area contributed by atoms with Gasteiger partial charge in [-0.25, -0.2) is 0 Å². The van der Waals surface area contributed by atoms with Crippen LogP contribution in [0, 0.1) is 5.92 Å². The van der Waals surface area contributed by atoms with Crippen molar-refractivity contribution in [2.24, 2.45) is 5.92 Å². The van der Waals surface area contributed by atoms with Crippen molar-refractivity contribution in [3.05, 3.63) is 0 Å². The van der Waals surface area contributed by atoms with Crippen molar-refractivity contribution in [1.29, 1.82) is 0 Å². The van der Waals surface area contributed by atoms with E-state index in [4.69, 9.17) is 0 Å². The summed E-state index contributed by atoms with van der Waals surface area (Å²) >= 11 is 0. The van der Waals surface area contributed by atoms with Gasteiger partial charge in [0.25, 0.3) is 0 Å². The zero-order valence-corrected chi connectivity index (χ0v) is 9.56. The van der Waals surface area contributed by atoms with Crippen LogP contribution >= 0.6 is 0 Å². The quantitative estimate of drug-likeness (QED) is 0.599. The Labute approximate surface area is 82.7 Å². The van der Waals surface area contributed by atoms with Crippen LogP contribution in [0.4, 0.5) is 0 Å². The van der Waals surface area contributed by atoms with E-state index in [0.717, 1.165) is 25.4 Å². The SMILES string of the molecule is CCC(CC)CNCCC(C)(C)O. The highest BCUT2D eigenvalue weighted by Gasteiger charge is 2.11. The molecule has 2 heteroatoms. The van der Waals surface area contributed by atoms with Crippen molar-refractivity contribution in [2.75, 3.05) is 13.1 Å². The molecule has 0 aromatic rings. The van der Waals surface area contributed by atoms with Gasteiger partial charge in [0, 0.05) is 0 Å². The summed E-state index contributed by atoms with van der Waals surface area (Å²) in [5.74, 6) is 0.793. The van der Waals surface area contributed by atoms with Gasteiger partial charge >= 0.3 is 0 Å². The van der Waals surface area contributed by atoms with Crippen molar-refractivity contribution >= 4 is 0 Å². The molecule has 0 saturated heterocycles. The molecule has 0 saturated carbocycles. The second-order valence-electron chi connectivity index (χ2n) is 4.45. The van der Waals surface area contributed by atoms with E-state index in [9.17, 15) is 5.11 Å². The van der Waals surface area contributed by atoms with Crippen LogP contribution in [0.3, 0.4) is 0 Å². The van der Waals surface area contributed by atoms with Crippen LogP contribution in [-0.4, -0.2) is 23.8 Å². The molecule has 0 bridgehead atoms. The Hall–Kier alpha value is -0.0800. The Kier molecular flexibility index (Phi) is 6.35. The fraction of sp³-hybridized carbons (Fsp3) is 1.00. The number of aliphatic hydroxyl groups is 1. The van der Waals surface area contributed by atoms with E-state index in [1.165, 1.54) is 12.8 Å². The number of nitrogens with one attached hydrogen (secondary N) is 1. The number of hydrogen-bond donors (Lipinski definition) is 2. The van der Waals surface area contributed by atoms with Crippen molar-refractivity contribution in [3.8, 4) is 0 Å². The number of hydrogen-bond acceptors (Lipinski definition) is 2. The van der Waals surface area contributed by atoms with Crippen LogP contribution in [0.2, 0.25) is 0 Å². The first-order chi connectivity index (χ1) is 5.99. The molecule has 0 aliphatic carbocycles. The lowest BCUT2D eigenvalue weighted by molar-refractivity contribution is 0.0709. The molecule has 0 heterocycles. The molecule has 0 amide bonds. The lowest BCUT2D eigenvalue weighted by Crippen LogP contribution is -2.29. The lowest BCUT2D eigenvalue weighted by Gasteiger charge is -2.18. The zero-order valence-electron chi connectivity index (χ0n) is 9.56. The average molecular weight is 187 g/mol. The Bertz CT molecular complexity index is 114. The summed E-state index contributed by atoms with van der Waals surface area (Å²) in [6, 6.07) is 0. The van der Waals surface area contributed by atoms with Crippen molar-refractivity contribution in [1.82, 2.24) is 5.32 Å². The van der Waals surface area contributed by atoms with Crippen LogP contribution < -0.4 is 5.32 Å². The summed E-state index contributed by atoms with van der Waals surface area (Å²) in [6.07, 6.45) is 3.31. The van der Waals surface area contributed by atoms with Gasteiger partial charge in [-0.15, -0.1) is 0 Å². The Balaban J connectivity index is 3.34. The van der Waals surface area contributed by atoms with E-state index >= 15 is 0 Å². The highest BCUT2D eigenvalue weighted by atomic mass is 16.3. The monoisotopic (exact) mass is 187 g/mol. The standard InChI is InChI=1S/C11H25NO/c1-5-10(6-2)9-12-8-7-11(3,4)13/h10,12-13H,5-9H2,1-4H3. The molecule has 0 fully saturated rings. The molecule has 2 N–H and O–H groups in total. The summed E-state index contributed by atoms with van der Waals surface area (Å²) < 4.78 is 0. The number of rotatable bonds is 7. The Morgan fingerprint density at radius 3 is 2.15 bits per heavy atom. The minimum absolute atomic E-state index is 0.527. The highest BCUT2D eigenvalue weighted by Crippen LogP contribution is 2.07. The van der Waals surface area contributed by atoms with Gasteiger partial charge in [-0.1, -0.05) is 26.7 Å². The third-order valence-corrected chi connectivity index (χ3v) is 2.50. The van der Waals surface area contributed by atoms with Crippen molar-refractivity contribution < 1.29 is 5.11 Å². The van der Waals surface area contributed by atoms with Gasteiger partial charge in [0.2, 0.25) is 0 Å². The van der Waals surface area contributed by atoms with E-state index in [0.29, 0.717) is 0 Å². The molecule has 80 valence electrons. The molecule has 0 atom stereocenters. The molecule has 0 radical (unpaired) electrons. The first kappa shape index (κ1) is 12.9. The molecule has 0 aromatic heterocycles. The minimum Gasteiger partial charge on any atom is -0.390 e. The fourth-order valence-corrected chi connectivity index (χ4v) is 1.28. The van der Waals surface area contributed by atoms with Gasteiger partial charge in [-0.3, -0.25) is 0 Å². The van der Waals surface area contributed by atoms with Crippen LogP contribution in [0.1, 0.15) is 47.0 Å². The molecule has 0 aliphatic heterocycles. The van der Waals surface area contributed by atoms with Crippen molar-refractivity contribution in [3.63, 3.8) is 0 Å². The minimum atomic E-state index is -0.527. The van der Waals surface area contributed by atoms with Gasteiger partial charge < -0.3 is 10.4 Å². The van der Waals surface area contributed by atoms with E-state index in [1.807, 2.05) is 13.8 Å². The molecule has 0 aromatic carbocycles. The summed E-state index contributed by atoms with van der Waals surface area (Å²) in [5, 5.41) is 12.8. The van der Waals surface area contributed by atoms with Gasteiger partial charge in [-0.05, 0) is 39.3 Å². The maximum Gasteiger partial charge on any atom is 0.0603 e. The smallest absolute Gasteiger partial charge is 0.0603 e. The maximum atomic E-state index is 9.46. The third-order valence-electron chi connectivity index (χ3n) is 2.50. The second kappa shape index (κ2) is 6.39. The molecule has 0 spiro atoms. The third kappa shape index (κ3) is 8.26. The lowest BCUT2D eigenvalue weighted by atomic mass is 10.0. The summed E-state index contributed by atoms with van der Waals surface area (Å²) in [4.78, 5) is 0. The van der Waals surface area contributed by atoms with Gasteiger partial charge in [0.05, 0.1) is 5.60 Å². The molecule has 2 nitrogen and oxygen atoms in total. The molecule has 0 aliphatic rings. The molecule has 13 heavy (non-hydrogen) atoms. The summed E-state index contributed by atoms with van der Waals surface area (Å²) in [7, 11) is 0. The predicted molar refractivity (Wildman–Crippen MR) is 57.9 cm³/mol. The average Bonchev–Trinajstić information content (AvgIpc) is 2.03. The summed E-state index contributed by atoms with van der Waals surface area (Å²) in [6.45, 7) is 10.2. The summed E-state index contributed by atoms with van der Waals surface area (Å²) in [5.41, 5.74) is -0.527. The normalized spacial score (nSPS) is 12.5.